The second kappa shape index (κ2) is 12.5. The van der Waals surface area contributed by atoms with Crippen molar-refractivity contribution >= 4 is 62.3 Å². The summed E-state index contributed by atoms with van der Waals surface area (Å²) in [6.45, 7) is 1.45. The van der Waals surface area contributed by atoms with Gasteiger partial charge >= 0.3 is 10.1 Å². The van der Waals surface area contributed by atoms with Gasteiger partial charge in [0, 0.05) is 12.6 Å². The number of ether oxygens (including phenoxy) is 2. The summed E-state index contributed by atoms with van der Waals surface area (Å²) in [5.41, 5.74) is 0.896. The number of carbonyl (C=O) groups excluding carboxylic acids is 3. The highest BCUT2D eigenvalue weighted by Gasteiger charge is 2.35. The molecule has 3 aromatic carbocycles. The second-order valence-corrected chi connectivity index (χ2v) is 11.2. The minimum Gasteiger partial charge on any atom is -0.493 e. The number of methoxy groups -OCH3 is 1. The molecule has 0 aliphatic carbocycles. The fraction of sp³-hybridized carbons (Fsp3) is 0.148. The van der Waals surface area contributed by atoms with Gasteiger partial charge in [0.15, 0.2) is 17.2 Å². The number of carbonyl (C=O) groups is 3. The van der Waals surface area contributed by atoms with Crippen molar-refractivity contribution in [2.45, 2.75) is 11.8 Å². The van der Waals surface area contributed by atoms with Gasteiger partial charge in [-0.1, -0.05) is 29.8 Å². The number of nitrogens with one attached hydrogen (secondary N) is 1. The van der Waals surface area contributed by atoms with Gasteiger partial charge in [0.1, 0.15) is 11.5 Å². The molecule has 40 heavy (non-hydrogen) atoms. The van der Waals surface area contributed by atoms with Crippen molar-refractivity contribution in [2.24, 2.45) is 0 Å². The lowest BCUT2D eigenvalue weighted by Crippen LogP contribution is -2.32. The molecule has 3 amide bonds. The van der Waals surface area contributed by atoms with Crippen LogP contribution >= 0.6 is 23.4 Å². The number of amides is 3. The number of rotatable bonds is 10. The quantitative estimate of drug-likeness (QED) is 0.246. The molecule has 13 heteroatoms. The standard InChI is InChI=1S/C27H23ClN2O8S2/c1-17(31)29-19-8-10-20(11-9-19)40(34,35)38-22-12-7-18(15-21(22)28)16-25-26(32)30(27(33)39-25)13-14-37-24-6-4-3-5-23(24)36-2/h3-12,15-16H,13-14H2,1-2H3,(H,29,31)/b25-16-. The van der Waals surface area contributed by atoms with E-state index in [0.29, 0.717) is 22.7 Å². The van der Waals surface area contributed by atoms with Crippen molar-refractivity contribution in [3.63, 3.8) is 0 Å². The van der Waals surface area contributed by atoms with E-state index in [1.165, 1.54) is 62.6 Å². The molecule has 0 unspecified atom stereocenters. The summed E-state index contributed by atoms with van der Waals surface area (Å²) in [5, 5.41) is 2.09. The number of thioether (sulfide) groups is 1. The zero-order valence-electron chi connectivity index (χ0n) is 21.3. The van der Waals surface area contributed by atoms with Crippen LogP contribution in [0.1, 0.15) is 12.5 Å². The van der Waals surface area contributed by atoms with Crippen LogP contribution in [-0.2, 0) is 19.7 Å². The molecule has 1 aliphatic rings. The van der Waals surface area contributed by atoms with Crippen LogP contribution in [0.15, 0.2) is 76.5 Å². The van der Waals surface area contributed by atoms with Gasteiger partial charge in [-0.2, -0.15) is 8.42 Å². The van der Waals surface area contributed by atoms with Crippen molar-refractivity contribution in [1.29, 1.82) is 0 Å². The van der Waals surface area contributed by atoms with E-state index >= 15 is 0 Å². The van der Waals surface area contributed by atoms with E-state index in [9.17, 15) is 22.8 Å². The van der Waals surface area contributed by atoms with Crippen LogP contribution in [0.3, 0.4) is 0 Å². The first-order chi connectivity index (χ1) is 19.1. The number of nitrogens with zero attached hydrogens (tertiary/aromatic N) is 1. The minimum atomic E-state index is -4.21. The Morgan fingerprint density at radius 3 is 2.38 bits per heavy atom. The summed E-state index contributed by atoms with van der Waals surface area (Å²) in [4.78, 5) is 37.6. The number of benzene rings is 3. The van der Waals surface area contributed by atoms with E-state index < -0.39 is 21.3 Å². The molecule has 0 saturated carbocycles. The average Bonchev–Trinajstić information content (AvgIpc) is 3.17. The molecule has 1 saturated heterocycles. The monoisotopic (exact) mass is 602 g/mol. The van der Waals surface area contributed by atoms with E-state index in [0.717, 1.165) is 16.7 Å². The third-order valence-electron chi connectivity index (χ3n) is 5.43. The van der Waals surface area contributed by atoms with Crippen LogP contribution in [0.2, 0.25) is 5.02 Å². The van der Waals surface area contributed by atoms with Crippen LogP contribution in [-0.4, -0.2) is 50.6 Å². The summed E-state index contributed by atoms with van der Waals surface area (Å²) in [5.74, 6) is 0.135. The molecule has 0 radical (unpaired) electrons. The lowest BCUT2D eigenvalue weighted by molar-refractivity contribution is -0.123. The van der Waals surface area contributed by atoms with Crippen LogP contribution in [0.5, 0.6) is 17.2 Å². The first kappa shape index (κ1) is 29.0. The molecule has 0 atom stereocenters. The topological polar surface area (TPSA) is 128 Å². The predicted molar refractivity (Wildman–Crippen MR) is 151 cm³/mol. The molecule has 1 heterocycles. The maximum absolute atomic E-state index is 12.8. The van der Waals surface area contributed by atoms with Crippen molar-refractivity contribution < 1.29 is 36.5 Å². The van der Waals surface area contributed by atoms with Crippen molar-refractivity contribution in [2.75, 3.05) is 25.6 Å². The van der Waals surface area contributed by atoms with Crippen LogP contribution < -0.4 is 19.0 Å². The molecular formula is C27H23ClN2O8S2. The van der Waals surface area contributed by atoms with Gasteiger partial charge in [0.2, 0.25) is 5.91 Å². The molecule has 0 spiro atoms. The van der Waals surface area contributed by atoms with E-state index in [2.05, 4.69) is 5.32 Å². The zero-order valence-corrected chi connectivity index (χ0v) is 23.6. The number of para-hydroxylation sites is 2. The summed E-state index contributed by atoms with van der Waals surface area (Å²) in [6, 6.07) is 16.8. The first-order valence-electron chi connectivity index (χ1n) is 11.7. The zero-order chi connectivity index (χ0) is 28.9. The number of imide groups is 1. The predicted octanol–water partition coefficient (Wildman–Crippen LogP) is 5.19. The van der Waals surface area contributed by atoms with Gasteiger partial charge < -0.3 is 19.0 Å². The van der Waals surface area contributed by atoms with Gasteiger partial charge in [-0.05, 0) is 71.9 Å². The Bertz CT molecular complexity index is 1590. The van der Waals surface area contributed by atoms with Crippen molar-refractivity contribution in [3.8, 4) is 17.2 Å². The van der Waals surface area contributed by atoms with E-state index in [1.807, 2.05) is 0 Å². The summed E-state index contributed by atoms with van der Waals surface area (Å²) < 4.78 is 41.5. The SMILES string of the molecule is COc1ccccc1OCCN1C(=O)S/C(=C\c2ccc(OS(=O)(=O)c3ccc(NC(C)=O)cc3)c(Cl)c2)C1=O. The lowest BCUT2D eigenvalue weighted by Gasteiger charge is -2.14. The molecule has 10 nitrogen and oxygen atoms in total. The molecule has 0 aromatic heterocycles. The third kappa shape index (κ3) is 6.95. The number of hydrogen-bond donors (Lipinski definition) is 1. The van der Waals surface area contributed by atoms with E-state index in [-0.39, 0.29) is 39.6 Å². The van der Waals surface area contributed by atoms with E-state index in [1.54, 1.807) is 24.3 Å². The number of hydrogen-bond acceptors (Lipinski definition) is 9. The molecule has 3 aromatic rings. The van der Waals surface area contributed by atoms with Crippen LogP contribution in [0.4, 0.5) is 10.5 Å². The minimum absolute atomic E-state index is 0.0170. The Hall–Kier alpha value is -4.00. The average molecular weight is 603 g/mol. The van der Waals surface area contributed by atoms with Crippen LogP contribution in [0, 0.1) is 0 Å². The maximum Gasteiger partial charge on any atom is 0.339 e. The van der Waals surface area contributed by atoms with Gasteiger partial charge in [0.05, 0.1) is 23.6 Å². The molecule has 208 valence electrons. The maximum atomic E-state index is 12.8. The highest BCUT2D eigenvalue weighted by atomic mass is 35.5. The van der Waals surface area contributed by atoms with Crippen LogP contribution in [0.25, 0.3) is 6.08 Å². The molecule has 1 aliphatic heterocycles. The highest BCUT2D eigenvalue weighted by Crippen LogP contribution is 2.35. The Morgan fingerprint density at radius 2 is 1.73 bits per heavy atom. The van der Waals surface area contributed by atoms with Gasteiger partial charge in [0.25, 0.3) is 11.1 Å². The first-order valence-corrected chi connectivity index (χ1v) is 14.3. The fourth-order valence-electron chi connectivity index (χ4n) is 3.58. The normalized spacial score (nSPS) is 14.4. The van der Waals surface area contributed by atoms with Gasteiger partial charge in [-0.25, -0.2) is 0 Å². The molecule has 0 bridgehead atoms. The number of anilines is 1. The molecular weight excluding hydrogens is 580 g/mol. The molecule has 4 rings (SSSR count). The Morgan fingerprint density at radius 1 is 1.02 bits per heavy atom. The summed E-state index contributed by atoms with van der Waals surface area (Å²) >= 11 is 7.05. The molecule has 1 fully saturated rings. The highest BCUT2D eigenvalue weighted by molar-refractivity contribution is 8.18. The smallest absolute Gasteiger partial charge is 0.339 e. The third-order valence-corrected chi connectivity index (χ3v) is 7.88. The summed E-state index contributed by atoms with van der Waals surface area (Å²) in [6.07, 6.45) is 1.48. The van der Waals surface area contributed by atoms with Crippen molar-refractivity contribution in [1.82, 2.24) is 4.90 Å². The van der Waals surface area contributed by atoms with E-state index in [4.69, 9.17) is 25.3 Å². The van der Waals surface area contributed by atoms with Crippen molar-refractivity contribution in [3.05, 3.63) is 82.2 Å². The Kier molecular flexibility index (Phi) is 9.03. The van der Waals surface area contributed by atoms with Gasteiger partial charge in [-0.15, -0.1) is 0 Å². The lowest BCUT2D eigenvalue weighted by atomic mass is 10.2. The number of halogens is 1. The largest absolute Gasteiger partial charge is 0.493 e. The fourth-order valence-corrected chi connectivity index (χ4v) is 5.66. The Labute approximate surface area is 240 Å². The molecule has 1 N–H and O–H groups in total. The Balaban J connectivity index is 1.41. The second-order valence-electron chi connectivity index (χ2n) is 8.27. The van der Waals surface area contributed by atoms with Gasteiger partial charge in [-0.3, -0.25) is 19.3 Å². The summed E-state index contributed by atoms with van der Waals surface area (Å²) in [7, 11) is -2.70.